The summed E-state index contributed by atoms with van der Waals surface area (Å²) in [6.45, 7) is 27.6. The van der Waals surface area contributed by atoms with Crippen molar-refractivity contribution in [2.24, 2.45) is 0 Å². The number of hydrogen-bond acceptors (Lipinski definition) is 36. The number of nitrogens with zero attached hydrogens (tertiary/aromatic N) is 34. The molecule has 0 amide bonds. The first-order chi connectivity index (χ1) is 60.9. The normalized spacial score (nSPS) is 20.5. The van der Waals surface area contributed by atoms with E-state index in [4.69, 9.17) is 139 Å². The fraction of sp³-hybridized carbons (Fsp3) is 0.651. The lowest BCUT2D eigenvalue weighted by Crippen LogP contribution is -2.61. The maximum Gasteiger partial charge on any atom is 0.411 e. The van der Waals surface area contributed by atoms with Crippen molar-refractivity contribution in [2.45, 2.75) is 94.2 Å². The zero-order chi connectivity index (χ0) is 93.9. The predicted molar refractivity (Wildman–Crippen MR) is 453 cm³/mol. The van der Waals surface area contributed by atoms with Crippen molar-refractivity contribution in [1.29, 1.82) is 84.2 Å². The molecule has 664 valence electrons. The van der Waals surface area contributed by atoms with Crippen molar-refractivity contribution >= 4 is 0 Å². The second-order valence-electron chi connectivity index (χ2n) is 28.9. The SMILES string of the molecule is C#CC(C#N)N1CCN(C(C#N)C#N)CC1.C#CC(C#N)N1CN(C(C#N)C#N)CN(C(C#N)C#N)C1.C#CCCN1CN(CCC#N)CN(CCC#N)C1.C#CCN1CCN(CC#N)C(C)C1.C#CCN1CCN(CC#N)C(F)C1.C#CCN1CCN(CC#N)C(OCC(F)(F)F)C1.C#CCN1CCN(CC#N)CC1.CCOC1CN(CC#N)CN(CC#N)C1. The van der Waals surface area contributed by atoms with E-state index < -0.39 is 55.5 Å². The Bertz CT molecular complexity index is 3910. The Morgan fingerprint density at radius 1 is 0.317 bits per heavy atom. The first kappa shape index (κ1) is 112. The average molecular weight is 1730 g/mol. The van der Waals surface area contributed by atoms with Crippen LogP contribution in [0.5, 0.6) is 0 Å². The summed E-state index contributed by atoms with van der Waals surface area (Å²) in [5.41, 5.74) is 0. The molecule has 0 saturated carbocycles. The number of rotatable bonds is 25. The van der Waals surface area contributed by atoms with E-state index in [0.717, 1.165) is 125 Å². The van der Waals surface area contributed by atoms with Gasteiger partial charge in [0.2, 0.25) is 0 Å². The Balaban J connectivity index is 0.000000724. The van der Waals surface area contributed by atoms with E-state index in [-0.39, 0.29) is 45.7 Å². The van der Waals surface area contributed by atoms with Gasteiger partial charge in [0.15, 0.2) is 36.5 Å². The van der Waals surface area contributed by atoms with Gasteiger partial charge in [-0.1, -0.05) is 35.5 Å². The molecule has 0 aromatic rings. The lowest BCUT2D eigenvalue weighted by atomic mass is 10.2. The van der Waals surface area contributed by atoms with Gasteiger partial charge in [0, 0.05) is 176 Å². The van der Waals surface area contributed by atoms with Gasteiger partial charge in [-0.15, -0.1) is 50.9 Å². The molecule has 8 rings (SSSR count). The van der Waals surface area contributed by atoms with Crippen molar-refractivity contribution in [2.75, 3.05) is 269 Å². The number of ether oxygens (including phenoxy) is 2. The van der Waals surface area contributed by atoms with Crippen LogP contribution in [0.15, 0.2) is 0 Å². The Morgan fingerprint density at radius 3 is 1.02 bits per heavy atom. The smallest absolute Gasteiger partial charge is 0.376 e. The molecule has 8 fully saturated rings. The van der Waals surface area contributed by atoms with Crippen LogP contribution in [-0.4, -0.2) is 419 Å². The standard InChI is InChI=1S/C13H10N8.C13H19N5.C11H14F3N3O.C11H11N5.C10H16N4O.C10H15N3.C9H12FN3.C9H13N3/c1-2-11(3-14)19-8-20(12(4-15)5-16)10-21(9-19)13(6-17)7-18;1-2-3-8-16-11-17(9-4-6-14)13-18(12-16)10-5-7-15;1-2-4-16-6-7-17(5-3-15)10(8-16)18-9-11(12,13)14;1-2-10(7-12)15-3-5-16(6-4-15)11(8-13)9-14;1-2-15-10-7-13(5-3-11)9-14(8-10)6-4-12;1-3-5-12-7-8-13(6-4-11)10(2)9-12;1-2-4-12-6-7-13(5-3-11)9(10)8-12;1-2-4-11-6-8-12(5-3-10)9-7-11/h1,11-13H,8-10H2;1H,3-5,8-13H2;1,10H,4-9H2;1,10-11H,3-6H2;10H,2,5-9H2,1H3;1,10H,5-9H2,2H3;1,9H,4-8H2;1H,4-9H2. The molecule has 36 nitrogen and oxygen atoms in total. The molecule has 8 aliphatic rings. The van der Waals surface area contributed by atoms with Gasteiger partial charge in [0.25, 0.3) is 0 Å². The summed E-state index contributed by atoms with van der Waals surface area (Å²) in [6.07, 6.45) is 32.3. The van der Waals surface area contributed by atoms with Crippen LogP contribution < -0.4 is 0 Å². The molecular formula is C86H110F4N34O2. The molecule has 0 bridgehead atoms. The Labute approximate surface area is 743 Å². The van der Waals surface area contributed by atoms with E-state index in [0.29, 0.717) is 124 Å². The molecule has 126 heavy (non-hydrogen) atoms. The van der Waals surface area contributed by atoms with Crippen molar-refractivity contribution in [3.63, 3.8) is 0 Å². The lowest BCUT2D eigenvalue weighted by Gasteiger charge is -2.43. The minimum atomic E-state index is -4.37. The molecule has 0 aromatic carbocycles. The molecule has 0 radical (unpaired) electrons. The summed E-state index contributed by atoms with van der Waals surface area (Å²) in [5.74, 6) is 17.5. The molecule has 0 spiro atoms. The topological polar surface area (TPSA) is 457 Å². The van der Waals surface area contributed by atoms with Crippen LogP contribution in [0.4, 0.5) is 17.6 Å². The van der Waals surface area contributed by atoms with Gasteiger partial charge in [-0.3, -0.25) is 78.4 Å². The number of hydrogen-bond donors (Lipinski definition) is 0. The van der Waals surface area contributed by atoms with Crippen LogP contribution in [0.2, 0.25) is 0 Å². The first-order valence-corrected chi connectivity index (χ1v) is 40.2. The first-order valence-electron chi connectivity index (χ1n) is 40.2. The van der Waals surface area contributed by atoms with Crippen molar-refractivity contribution in [3.05, 3.63) is 0 Å². The largest absolute Gasteiger partial charge is 0.411 e. The molecule has 0 aromatic heterocycles. The summed E-state index contributed by atoms with van der Waals surface area (Å²) in [4.78, 5) is 34.4. The van der Waals surface area contributed by atoms with Crippen molar-refractivity contribution in [3.8, 4) is 184 Å². The summed E-state index contributed by atoms with van der Waals surface area (Å²) in [7, 11) is 0. The monoisotopic (exact) mass is 1730 g/mol. The van der Waals surface area contributed by atoms with Gasteiger partial charge in [-0.25, -0.2) is 14.2 Å². The molecule has 8 heterocycles. The third kappa shape index (κ3) is 45.4. The second-order valence-corrected chi connectivity index (χ2v) is 28.9. The molecule has 5 atom stereocenters. The fourth-order valence-corrected chi connectivity index (χ4v) is 13.6. The highest BCUT2D eigenvalue weighted by molar-refractivity contribution is 5.17. The quantitative estimate of drug-likeness (QED) is 0.0501. The van der Waals surface area contributed by atoms with Gasteiger partial charge in [0.05, 0.1) is 215 Å². The predicted octanol–water partition coefficient (Wildman–Crippen LogP) is -0.0443. The van der Waals surface area contributed by atoms with Crippen LogP contribution in [-0.2, 0) is 9.47 Å². The van der Waals surface area contributed by atoms with Crippen LogP contribution >= 0.6 is 0 Å². The maximum absolute atomic E-state index is 13.3. The van der Waals surface area contributed by atoms with Crippen molar-refractivity contribution < 1.29 is 27.0 Å². The fourth-order valence-electron chi connectivity index (χ4n) is 13.6. The highest BCUT2D eigenvalue weighted by atomic mass is 19.4. The highest BCUT2D eigenvalue weighted by Crippen LogP contribution is 2.21. The van der Waals surface area contributed by atoms with E-state index >= 15 is 0 Å². The summed E-state index contributed by atoms with van der Waals surface area (Å²) in [6, 6.07) is 28.2. The third-order valence-corrected chi connectivity index (χ3v) is 19.9. The maximum atomic E-state index is 13.3. The van der Waals surface area contributed by atoms with Gasteiger partial charge in [-0.2, -0.15) is 97.4 Å². The number of terminal acetylenes is 7. The summed E-state index contributed by atoms with van der Waals surface area (Å²) in [5, 5.41) is 140. The number of halogens is 4. The van der Waals surface area contributed by atoms with Gasteiger partial charge in [0.1, 0.15) is 12.8 Å². The molecule has 40 heteroatoms. The van der Waals surface area contributed by atoms with Crippen LogP contribution in [0.1, 0.15) is 33.1 Å². The number of alkyl halides is 4. The Hall–Kier alpha value is -12.3. The zero-order valence-electron chi connectivity index (χ0n) is 71.9. The minimum Gasteiger partial charge on any atom is -0.376 e. The van der Waals surface area contributed by atoms with Gasteiger partial charge in [-0.05, 0) is 13.8 Å². The molecule has 8 aliphatic heterocycles. The molecular weight excluding hydrogens is 1620 g/mol. The summed E-state index contributed by atoms with van der Waals surface area (Å²) >= 11 is 0. The van der Waals surface area contributed by atoms with E-state index in [1.165, 1.54) is 19.6 Å². The summed E-state index contributed by atoms with van der Waals surface area (Å²) < 4.78 is 60.0. The Kier molecular flexibility index (Phi) is 60.3. The van der Waals surface area contributed by atoms with Gasteiger partial charge < -0.3 is 9.47 Å². The zero-order valence-corrected chi connectivity index (χ0v) is 71.9. The van der Waals surface area contributed by atoms with Gasteiger partial charge >= 0.3 is 6.18 Å². The third-order valence-electron chi connectivity index (χ3n) is 19.9. The van der Waals surface area contributed by atoms with E-state index in [2.05, 4.69) is 119 Å². The van der Waals surface area contributed by atoms with E-state index in [9.17, 15) is 17.6 Å². The van der Waals surface area contributed by atoms with E-state index in [1.54, 1.807) is 9.80 Å². The lowest BCUT2D eigenvalue weighted by molar-refractivity contribution is -0.209. The molecule has 8 saturated heterocycles. The van der Waals surface area contributed by atoms with E-state index in [1.807, 2.05) is 92.1 Å². The number of piperazine rings is 5. The van der Waals surface area contributed by atoms with Crippen LogP contribution in [0.25, 0.3) is 0 Å². The Morgan fingerprint density at radius 2 is 0.643 bits per heavy atom. The molecule has 0 N–H and O–H groups in total. The number of nitriles is 16. The molecule has 0 aliphatic carbocycles. The second kappa shape index (κ2) is 68.1. The average Bonchev–Trinajstić information content (AvgIpc) is 0.819. The van der Waals surface area contributed by atoms with Crippen molar-refractivity contribution in [1.82, 2.24) is 88.2 Å². The van der Waals surface area contributed by atoms with Crippen LogP contribution in [0, 0.1) is 268 Å². The van der Waals surface area contributed by atoms with Crippen LogP contribution in [0.3, 0.4) is 0 Å². The molecule has 5 unspecified atom stereocenters. The highest BCUT2D eigenvalue weighted by Gasteiger charge is 2.37. The minimum absolute atomic E-state index is 0.0480.